The molecule has 3 atom stereocenters. The van der Waals surface area contributed by atoms with Crippen LogP contribution in [-0.2, 0) is 4.79 Å². The predicted molar refractivity (Wildman–Crippen MR) is 82.0 cm³/mol. The first kappa shape index (κ1) is 15.3. The van der Waals surface area contributed by atoms with E-state index in [2.05, 4.69) is 15.5 Å². The van der Waals surface area contributed by atoms with Gasteiger partial charge in [-0.05, 0) is 58.0 Å². The van der Waals surface area contributed by atoms with Crippen molar-refractivity contribution in [2.24, 2.45) is 0 Å². The summed E-state index contributed by atoms with van der Waals surface area (Å²) in [6.45, 7) is 3.58. The predicted octanol–water partition coefficient (Wildman–Crippen LogP) is 0.624. The summed E-state index contributed by atoms with van der Waals surface area (Å²) >= 11 is 0. The van der Waals surface area contributed by atoms with Gasteiger partial charge in [-0.15, -0.1) is 0 Å². The van der Waals surface area contributed by atoms with E-state index in [4.69, 9.17) is 0 Å². The Hall–Kier alpha value is -0.650. The van der Waals surface area contributed by atoms with Crippen LogP contribution in [0.3, 0.4) is 0 Å². The van der Waals surface area contributed by atoms with Gasteiger partial charge in [0, 0.05) is 19.1 Å². The zero-order valence-electron chi connectivity index (χ0n) is 12.9. The van der Waals surface area contributed by atoms with Gasteiger partial charge in [-0.3, -0.25) is 9.69 Å². The Bertz CT molecular complexity index is 375. The molecule has 3 saturated heterocycles. The highest BCUT2D eigenvalue weighted by Gasteiger charge is 2.44. The highest BCUT2D eigenvalue weighted by molar-refractivity contribution is 5.81. The first-order chi connectivity index (χ1) is 10.2. The summed E-state index contributed by atoms with van der Waals surface area (Å²) in [7, 11) is 0. The van der Waals surface area contributed by atoms with Crippen LogP contribution in [-0.4, -0.2) is 59.8 Å². The van der Waals surface area contributed by atoms with Gasteiger partial charge in [0.2, 0.25) is 5.91 Å². The van der Waals surface area contributed by atoms with Crippen LogP contribution in [0.1, 0.15) is 51.4 Å². The third kappa shape index (κ3) is 3.41. The maximum atomic E-state index is 12.0. The van der Waals surface area contributed by atoms with Gasteiger partial charge < -0.3 is 15.7 Å². The Kier molecular flexibility index (Phi) is 4.82. The Balaban J connectivity index is 1.60. The van der Waals surface area contributed by atoms with E-state index < -0.39 is 5.60 Å². The lowest BCUT2D eigenvalue weighted by Gasteiger charge is -2.49. The van der Waals surface area contributed by atoms with Crippen LogP contribution >= 0.6 is 0 Å². The molecule has 3 aliphatic rings. The Morgan fingerprint density at radius 1 is 1.19 bits per heavy atom. The molecule has 0 radical (unpaired) electrons. The van der Waals surface area contributed by atoms with Crippen molar-refractivity contribution in [1.82, 2.24) is 15.5 Å². The number of rotatable bonds is 3. The maximum absolute atomic E-state index is 12.0. The molecule has 0 unspecified atom stereocenters. The molecule has 3 fully saturated rings. The Morgan fingerprint density at radius 2 is 2.00 bits per heavy atom. The third-order valence-corrected chi connectivity index (χ3v) is 5.48. The molecule has 0 saturated carbocycles. The molecule has 5 heteroatoms. The number of hydrogen-bond acceptors (Lipinski definition) is 4. The molecule has 120 valence electrons. The lowest BCUT2D eigenvalue weighted by Crippen LogP contribution is -2.63. The number of nitrogens with one attached hydrogen (secondary N) is 2. The van der Waals surface area contributed by atoms with E-state index in [-0.39, 0.29) is 18.0 Å². The molecule has 21 heavy (non-hydrogen) atoms. The van der Waals surface area contributed by atoms with Gasteiger partial charge in [0.15, 0.2) is 0 Å². The topological polar surface area (TPSA) is 64.6 Å². The average molecular weight is 295 g/mol. The summed E-state index contributed by atoms with van der Waals surface area (Å²) in [5.41, 5.74) is -0.661. The van der Waals surface area contributed by atoms with Gasteiger partial charge in [0.1, 0.15) is 0 Å². The maximum Gasteiger partial charge on any atom is 0.237 e. The first-order valence-electron chi connectivity index (χ1n) is 8.67. The van der Waals surface area contributed by atoms with Crippen LogP contribution in [0.5, 0.6) is 0 Å². The molecule has 3 rings (SSSR count). The molecule has 0 aliphatic carbocycles. The van der Waals surface area contributed by atoms with E-state index in [9.17, 15) is 9.90 Å². The van der Waals surface area contributed by atoms with Gasteiger partial charge in [0.25, 0.3) is 0 Å². The zero-order chi connectivity index (χ0) is 14.7. The van der Waals surface area contributed by atoms with Crippen molar-refractivity contribution in [3.63, 3.8) is 0 Å². The summed E-state index contributed by atoms with van der Waals surface area (Å²) in [5, 5.41) is 17.4. The fourth-order valence-corrected chi connectivity index (χ4v) is 4.26. The van der Waals surface area contributed by atoms with Crippen molar-refractivity contribution in [3.8, 4) is 0 Å². The lowest BCUT2D eigenvalue weighted by molar-refractivity contribution is -0.124. The Labute approximate surface area is 127 Å². The molecule has 1 amide bonds. The SMILES string of the molecule is O=C1NCCCC[C@@H]1NC[C@]1(O)CCCN2CCCC[C@@H]21. The van der Waals surface area contributed by atoms with E-state index >= 15 is 0 Å². The van der Waals surface area contributed by atoms with Crippen LogP contribution in [0.2, 0.25) is 0 Å². The van der Waals surface area contributed by atoms with E-state index in [0.29, 0.717) is 6.54 Å². The standard InChI is InChI=1S/C16H29N3O2/c20-15-13(6-1-3-9-17-15)18-12-16(21)8-5-11-19-10-4-2-7-14(16)19/h13-14,18,21H,1-12H2,(H,17,20)/t13-,14+,16+/m0/s1. The number of fused-ring (bicyclic) bond motifs is 1. The number of carbonyl (C=O) groups is 1. The smallest absolute Gasteiger partial charge is 0.237 e. The number of carbonyl (C=O) groups excluding carboxylic acids is 1. The minimum absolute atomic E-state index is 0.104. The van der Waals surface area contributed by atoms with Crippen molar-refractivity contribution in [1.29, 1.82) is 0 Å². The molecular weight excluding hydrogens is 266 g/mol. The summed E-state index contributed by atoms with van der Waals surface area (Å²) < 4.78 is 0. The van der Waals surface area contributed by atoms with Gasteiger partial charge in [-0.2, -0.15) is 0 Å². The minimum atomic E-state index is -0.661. The molecular formula is C16H29N3O2. The molecule has 0 spiro atoms. The monoisotopic (exact) mass is 295 g/mol. The summed E-state index contributed by atoms with van der Waals surface area (Å²) in [6, 6.07) is 0.150. The molecule has 5 nitrogen and oxygen atoms in total. The zero-order valence-corrected chi connectivity index (χ0v) is 12.9. The summed E-state index contributed by atoms with van der Waals surface area (Å²) in [6.07, 6.45) is 8.50. The van der Waals surface area contributed by atoms with E-state index in [1.54, 1.807) is 0 Å². The van der Waals surface area contributed by atoms with Gasteiger partial charge in [-0.25, -0.2) is 0 Å². The quantitative estimate of drug-likeness (QED) is 0.714. The molecule has 0 aromatic rings. The largest absolute Gasteiger partial charge is 0.387 e. The van der Waals surface area contributed by atoms with Crippen LogP contribution in [0.25, 0.3) is 0 Å². The molecule has 3 heterocycles. The summed E-state index contributed by atoms with van der Waals surface area (Å²) in [4.78, 5) is 14.5. The second-order valence-electron chi connectivity index (χ2n) is 6.97. The molecule has 3 aliphatic heterocycles. The third-order valence-electron chi connectivity index (χ3n) is 5.48. The number of aliphatic hydroxyl groups is 1. The first-order valence-corrected chi connectivity index (χ1v) is 8.67. The second-order valence-corrected chi connectivity index (χ2v) is 6.97. The van der Waals surface area contributed by atoms with Crippen molar-refractivity contribution < 1.29 is 9.90 Å². The van der Waals surface area contributed by atoms with Crippen LogP contribution in [0, 0.1) is 0 Å². The molecule has 0 aromatic carbocycles. The second kappa shape index (κ2) is 6.63. The average Bonchev–Trinajstić information content (AvgIpc) is 2.70. The van der Waals surface area contributed by atoms with Crippen LogP contribution in [0.15, 0.2) is 0 Å². The number of piperidine rings is 2. The van der Waals surface area contributed by atoms with Crippen LogP contribution in [0.4, 0.5) is 0 Å². The van der Waals surface area contributed by atoms with Gasteiger partial charge in [0.05, 0.1) is 11.6 Å². The van der Waals surface area contributed by atoms with Crippen molar-refractivity contribution in [3.05, 3.63) is 0 Å². The molecule has 0 bridgehead atoms. The lowest BCUT2D eigenvalue weighted by atomic mass is 9.79. The highest BCUT2D eigenvalue weighted by Crippen LogP contribution is 2.33. The van der Waals surface area contributed by atoms with E-state index in [1.807, 2.05) is 0 Å². The van der Waals surface area contributed by atoms with Gasteiger partial charge >= 0.3 is 0 Å². The molecule has 3 N–H and O–H groups in total. The number of hydrogen-bond donors (Lipinski definition) is 3. The van der Waals surface area contributed by atoms with E-state index in [0.717, 1.165) is 58.2 Å². The normalized spacial score (nSPS) is 38.4. The van der Waals surface area contributed by atoms with Crippen molar-refractivity contribution >= 4 is 5.91 Å². The van der Waals surface area contributed by atoms with Gasteiger partial charge in [-0.1, -0.05) is 6.42 Å². The van der Waals surface area contributed by atoms with Crippen molar-refractivity contribution in [2.75, 3.05) is 26.2 Å². The highest BCUT2D eigenvalue weighted by atomic mass is 16.3. The van der Waals surface area contributed by atoms with Crippen LogP contribution < -0.4 is 10.6 Å². The Morgan fingerprint density at radius 3 is 2.90 bits per heavy atom. The fraction of sp³-hybridized carbons (Fsp3) is 0.938. The van der Waals surface area contributed by atoms with E-state index in [1.165, 1.54) is 12.8 Å². The van der Waals surface area contributed by atoms with Crippen molar-refractivity contribution in [2.45, 2.75) is 69.1 Å². The number of amides is 1. The minimum Gasteiger partial charge on any atom is -0.387 e. The fourth-order valence-electron chi connectivity index (χ4n) is 4.26. The number of nitrogens with zero attached hydrogens (tertiary/aromatic N) is 1. The summed E-state index contributed by atoms with van der Waals surface area (Å²) in [5.74, 6) is 0.104. The molecule has 0 aromatic heterocycles.